The zero-order valence-corrected chi connectivity index (χ0v) is 14.6. The average Bonchev–Trinajstić information content (AvgIpc) is 2.70. The summed E-state index contributed by atoms with van der Waals surface area (Å²) in [5.74, 6) is 0. The quantitative estimate of drug-likeness (QED) is 0.706. The van der Waals surface area contributed by atoms with Crippen molar-refractivity contribution in [2.24, 2.45) is 0 Å². The number of halogens is 3. The second-order valence-corrected chi connectivity index (χ2v) is 7.22. The Hall–Kier alpha value is -0.0600. The van der Waals surface area contributed by atoms with Crippen LogP contribution < -0.4 is 5.32 Å². The van der Waals surface area contributed by atoms with Crippen LogP contribution >= 0.6 is 50.5 Å². The number of rotatable bonds is 4. The lowest BCUT2D eigenvalue weighted by Crippen LogP contribution is -2.21. The third-order valence-corrected chi connectivity index (χ3v) is 5.68. The molecule has 1 unspecified atom stereocenters. The molecule has 2 rings (SSSR count). The third-order valence-electron chi connectivity index (χ3n) is 2.85. The van der Waals surface area contributed by atoms with Crippen molar-refractivity contribution >= 4 is 50.5 Å². The molecule has 102 valence electrons. The van der Waals surface area contributed by atoms with Gasteiger partial charge in [-0.3, -0.25) is 0 Å². The van der Waals surface area contributed by atoms with Gasteiger partial charge in [-0.05, 0) is 58.7 Å². The SMILES string of the molecule is CCNC(c1ccc(Cl)c(Br)c1)c1cc(C)c(Cl)s1. The molecule has 0 saturated carbocycles. The van der Waals surface area contributed by atoms with Crippen LogP contribution in [0.5, 0.6) is 0 Å². The Morgan fingerprint density at radius 1 is 1.32 bits per heavy atom. The Labute approximate surface area is 136 Å². The van der Waals surface area contributed by atoms with Gasteiger partial charge in [-0.25, -0.2) is 0 Å². The largest absolute Gasteiger partial charge is 0.306 e. The minimum Gasteiger partial charge on any atom is -0.306 e. The Balaban J connectivity index is 2.41. The molecular weight excluding hydrogens is 365 g/mol. The topological polar surface area (TPSA) is 12.0 Å². The fourth-order valence-corrected chi connectivity index (χ4v) is 3.74. The average molecular weight is 379 g/mol. The molecule has 0 aliphatic heterocycles. The van der Waals surface area contributed by atoms with Gasteiger partial charge in [-0.1, -0.05) is 36.2 Å². The van der Waals surface area contributed by atoms with Gasteiger partial charge in [0, 0.05) is 9.35 Å². The molecule has 0 fully saturated rings. The highest BCUT2D eigenvalue weighted by atomic mass is 79.9. The first-order chi connectivity index (χ1) is 9.02. The van der Waals surface area contributed by atoms with E-state index in [4.69, 9.17) is 23.2 Å². The van der Waals surface area contributed by atoms with Crippen molar-refractivity contribution in [2.45, 2.75) is 19.9 Å². The molecule has 1 nitrogen and oxygen atoms in total. The van der Waals surface area contributed by atoms with Crippen molar-refractivity contribution in [3.05, 3.63) is 54.1 Å². The second kappa shape index (κ2) is 6.59. The van der Waals surface area contributed by atoms with Gasteiger partial charge in [-0.2, -0.15) is 0 Å². The van der Waals surface area contributed by atoms with E-state index in [-0.39, 0.29) is 6.04 Å². The molecule has 2 aromatic rings. The maximum Gasteiger partial charge on any atom is 0.0961 e. The molecule has 1 atom stereocenters. The van der Waals surface area contributed by atoms with E-state index in [1.54, 1.807) is 11.3 Å². The van der Waals surface area contributed by atoms with Crippen molar-refractivity contribution in [3.8, 4) is 0 Å². The molecule has 0 radical (unpaired) electrons. The van der Waals surface area contributed by atoms with Crippen LogP contribution in [0.1, 0.15) is 29.0 Å². The Kier molecular flexibility index (Phi) is 5.32. The summed E-state index contributed by atoms with van der Waals surface area (Å²) in [6.45, 7) is 5.02. The van der Waals surface area contributed by atoms with Gasteiger partial charge in [0.25, 0.3) is 0 Å². The van der Waals surface area contributed by atoms with Gasteiger partial charge in [0.05, 0.1) is 15.4 Å². The van der Waals surface area contributed by atoms with Crippen molar-refractivity contribution in [3.63, 3.8) is 0 Å². The summed E-state index contributed by atoms with van der Waals surface area (Å²) in [4.78, 5) is 1.22. The van der Waals surface area contributed by atoms with E-state index in [2.05, 4.69) is 40.3 Å². The lowest BCUT2D eigenvalue weighted by atomic mass is 10.0. The molecule has 0 aliphatic rings. The molecule has 1 aromatic heterocycles. The number of nitrogens with one attached hydrogen (secondary N) is 1. The maximum absolute atomic E-state index is 6.18. The zero-order chi connectivity index (χ0) is 14.0. The van der Waals surface area contributed by atoms with Crippen molar-refractivity contribution in [1.29, 1.82) is 0 Å². The fraction of sp³-hybridized carbons (Fsp3) is 0.286. The summed E-state index contributed by atoms with van der Waals surface area (Å²) in [5, 5.41) is 4.21. The van der Waals surface area contributed by atoms with Crippen LogP contribution in [-0.4, -0.2) is 6.54 Å². The molecule has 19 heavy (non-hydrogen) atoms. The lowest BCUT2D eigenvalue weighted by Gasteiger charge is -2.17. The Morgan fingerprint density at radius 2 is 2.05 bits per heavy atom. The number of hydrogen-bond donors (Lipinski definition) is 1. The number of hydrogen-bond acceptors (Lipinski definition) is 2. The van der Waals surface area contributed by atoms with E-state index in [0.717, 1.165) is 25.9 Å². The Morgan fingerprint density at radius 3 is 2.58 bits per heavy atom. The van der Waals surface area contributed by atoms with Gasteiger partial charge in [-0.15, -0.1) is 11.3 Å². The van der Waals surface area contributed by atoms with Crippen LogP contribution in [0, 0.1) is 6.92 Å². The molecular formula is C14H14BrCl2NS. The van der Waals surface area contributed by atoms with Gasteiger partial charge in [0.1, 0.15) is 0 Å². The molecule has 0 aliphatic carbocycles. The van der Waals surface area contributed by atoms with Crippen LogP contribution in [0.3, 0.4) is 0 Å². The highest BCUT2D eigenvalue weighted by Gasteiger charge is 2.17. The lowest BCUT2D eigenvalue weighted by molar-refractivity contribution is 0.639. The standard InChI is InChI=1S/C14H14BrCl2NS/c1-3-18-13(12-6-8(2)14(17)19-12)9-4-5-11(16)10(15)7-9/h4-7,13,18H,3H2,1-2H3. The predicted molar refractivity (Wildman–Crippen MR) is 88.7 cm³/mol. The predicted octanol–water partition coefficient (Wildman–Crippen LogP) is 5.82. The summed E-state index contributed by atoms with van der Waals surface area (Å²) in [6, 6.07) is 8.30. The smallest absolute Gasteiger partial charge is 0.0961 e. The van der Waals surface area contributed by atoms with Gasteiger partial charge >= 0.3 is 0 Å². The minimum atomic E-state index is 0.148. The first-order valence-electron chi connectivity index (χ1n) is 5.97. The van der Waals surface area contributed by atoms with E-state index >= 15 is 0 Å². The molecule has 1 heterocycles. The van der Waals surface area contributed by atoms with Crippen LogP contribution in [0.15, 0.2) is 28.7 Å². The van der Waals surface area contributed by atoms with E-state index in [1.165, 1.54) is 10.4 Å². The summed E-state index contributed by atoms with van der Waals surface area (Å²) in [5.41, 5.74) is 2.30. The maximum atomic E-state index is 6.18. The van der Waals surface area contributed by atoms with Crippen molar-refractivity contribution in [2.75, 3.05) is 6.54 Å². The molecule has 0 bridgehead atoms. The number of benzene rings is 1. The molecule has 1 N–H and O–H groups in total. The van der Waals surface area contributed by atoms with E-state index in [1.807, 2.05) is 19.1 Å². The first kappa shape index (κ1) is 15.3. The minimum absolute atomic E-state index is 0.148. The van der Waals surface area contributed by atoms with E-state index in [9.17, 15) is 0 Å². The van der Waals surface area contributed by atoms with Crippen LogP contribution in [0.4, 0.5) is 0 Å². The molecule has 0 spiro atoms. The van der Waals surface area contributed by atoms with Gasteiger partial charge in [0.2, 0.25) is 0 Å². The summed E-state index contributed by atoms with van der Waals surface area (Å²) < 4.78 is 1.76. The van der Waals surface area contributed by atoms with Crippen LogP contribution in [-0.2, 0) is 0 Å². The molecule has 0 saturated heterocycles. The molecule has 5 heteroatoms. The highest BCUT2D eigenvalue weighted by molar-refractivity contribution is 9.10. The summed E-state index contributed by atoms with van der Waals surface area (Å²) in [7, 11) is 0. The van der Waals surface area contributed by atoms with Crippen molar-refractivity contribution < 1.29 is 0 Å². The van der Waals surface area contributed by atoms with E-state index < -0.39 is 0 Å². The summed E-state index contributed by atoms with van der Waals surface area (Å²) in [6.07, 6.45) is 0. The number of thiophene rings is 1. The molecule has 1 aromatic carbocycles. The monoisotopic (exact) mass is 377 g/mol. The van der Waals surface area contributed by atoms with Crippen LogP contribution in [0.2, 0.25) is 9.36 Å². The first-order valence-corrected chi connectivity index (χ1v) is 8.33. The summed E-state index contributed by atoms with van der Waals surface area (Å²) >= 11 is 17.3. The fourth-order valence-electron chi connectivity index (χ4n) is 1.90. The normalized spacial score (nSPS) is 12.7. The Bertz CT molecular complexity index is 563. The van der Waals surface area contributed by atoms with Gasteiger partial charge < -0.3 is 5.32 Å². The van der Waals surface area contributed by atoms with Gasteiger partial charge in [0.15, 0.2) is 0 Å². The number of aryl methyl sites for hydroxylation is 1. The van der Waals surface area contributed by atoms with Crippen LogP contribution in [0.25, 0.3) is 0 Å². The highest BCUT2D eigenvalue weighted by Crippen LogP contribution is 2.35. The second-order valence-electron chi connectivity index (χ2n) is 4.27. The van der Waals surface area contributed by atoms with E-state index in [0.29, 0.717) is 0 Å². The zero-order valence-electron chi connectivity index (χ0n) is 10.6. The van der Waals surface area contributed by atoms with Crippen molar-refractivity contribution in [1.82, 2.24) is 5.32 Å². The third kappa shape index (κ3) is 3.53. The molecule has 0 amide bonds.